The summed E-state index contributed by atoms with van der Waals surface area (Å²) in [6, 6.07) is 0.516. The molecule has 1 aliphatic rings. The molecule has 0 aliphatic heterocycles. The lowest BCUT2D eigenvalue weighted by Gasteiger charge is -2.21. The summed E-state index contributed by atoms with van der Waals surface area (Å²) in [5.74, 6) is 0. The Bertz CT molecular complexity index is 376. The highest BCUT2D eigenvalue weighted by Crippen LogP contribution is 2.30. The van der Waals surface area contributed by atoms with Crippen molar-refractivity contribution in [1.82, 2.24) is 9.88 Å². The monoisotopic (exact) mass is 236 g/mol. The fraction of sp³-hybridized carbons (Fsp3) is 0.714. The highest BCUT2D eigenvalue weighted by molar-refractivity contribution is 5.30. The van der Waals surface area contributed by atoms with Crippen LogP contribution in [0.4, 0.5) is 0 Å². The molecule has 0 radical (unpaired) electrons. The van der Waals surface area contributed by atoms with Gasteiger partial charge in [-0.05, 0) is 57.7 Å². The van der Waals surface area contributed by atoms with Gasteiger partial charge in [-0.1, -0.05) is 0 Å². The Morgan fingerprint density at radius 1 is 1.47 bits per heavy atom. The molecule has 0 spiro atoms. The van der Waals surface area contributed by atoms with Crippen molar-refractivity contribution in [2.24, 2.45) is 0 Å². The fourth-order valence-corrected chi connectivity index (χ4v) is 2.58. The van der Waals surface area contributed by atoms with E-state index in [2.05, 4.69) is 22.3 Å². The minimum Gasteiger partial charge on any atom is -0.390 e. The Balaban J connectivity index is 2.08. The average Bonchev–Trinajstić information content (AvgIpc) is 2.67. The van der Waals surface area contributed by atoms with Gasteiger partial charge in [-0.3, -0.25) is 0 Å². The van der Waals surface area contributed by atoms with Gasteiger partial charge in [-0.25, -0.2) is 0 Å². The van der Waals surface area contributed by atoms with E-state index in [0.717, 1.165) is 13.0 Å². The molecule has 1 aromatic heterocycles. The lowest BCUT2D eigenvalue weighted by molar-refractivity contribution is 0.0662. The smallest absolute Gasteiger partial charge is 0.0608 e. The molecule has 0 fully saturated rings. The zero-order valence-corrected chi connectivity index (χ0v) is 11.2. The van der Waals surface area contributed by atoms with Crippen LogP contribution in [-0.2, 0) is 13.0 Å². The molecule has 1 aliphatic carbocycles. The molecule has 2 rings (SSSR count). The summed E-state index contributed by atoms with van der Waals surface area (Å²) in [7, 11) is 2.04. The lowest BCUT2D eigenvalue weighted by Crippen LogP contribution is -2.21. The van der Waals surface area contributed by atoms with Gasteiger partial charge < -0.3 is 15.0 Å². The third-order valence-corrected chi connectivity index (χ3v) is 3.64. The number of hydrogen-bond acceptors (Lipinski definition) is 2. The number of aryl methyl sites for hydroxylation is 2. The Morgan fingerprint density at radius 2 is 2.24 bits per heavy atom. The molecule has 0 amide bonds. The van der Waals surface area contributed by atoms with E-state index in [1.807, 2.05) is 20.9 Å². The van der Waals surface area contributed by atoms with Gasteiger partial charge in [0.15, 0.2) is 0 Å². The van der Waals surface area contributed by atoms with E-state index in [1.54, 1.807) is 0 Å². The van der Waals surface area contributed by atoms with Crippen LogP contribution in [0, 0.1) is 0 Å². The number of aromatic nitrogens is 1. The molecule has 0 saturated heterocycles. The number of hydrogen-bond donors (Lipinski definition) is 2. The van der Waals surface area contributed by atoms with E-state index in [9.17, 15) is 5.11 Å². The van der Waals surface area contributed by atoms with E-state index in [0.29, 0.717) is 6.04 Å². The van der Waals surface area contributed by atoms with Gasteiger partial charge in [0.2, 0.25) is 0 Å². The largest absolute Gasteiger partial charge is 0.390 e. The second-order valence-corrected chi connectivity index (χ2v) is 5.77. The summed E-state index contributed by atoms with van der Waals surface area (Å²) in [5, 5.41) is 13.1. The molecule has 17 heavy (non-hydrogen) atoms. The first-order chi connectivity index (χ1) is 7.99. The molecule has 1 unspecified atom stereocenters. The number of rotatable bonds is 4. The molecule has 96 valence electrons. The average molecular weight is 236 g/mol. The molecule has 3 nitrogen and oxygen atoms in total. The fourth-order valence-electron chi connectivity index (χ4n) is 2.58. The number of nitrogens with zero attached hydrogens (tertiary/aromatic N) is 1. The van der Waals surface area contributed by atoms with Crippen molar-refractivity contribution in [1.29, 1.82) is 0 Å². The summed E-state index contributed by atoms with van der Waals surface area (Å²) in [6.07, 6.45) is 9.01. The zero-order chi connectivity index (χ0) is 12.5. The molecule has 0 bridgehead atoms. The van der Waals surface area contributed by atoms with Gasteiger partial charge in [-0.2, -0.15) is 0 Å². The summed E-state index contributed by atoms with van der Waals surface area (Å²) < 4.78 is 2.23. The predicted octanol–water partition coefficient (Wildman–Crippen LogP) is 2.25. The summed E-state index contributed by atoms with van der Waals surface area (Å²) in [5.41, 5.74) is 2.36. The van der Waals surface area contributed by atoms with Crippen LogP contribution in [0.25, 0.3) is 0 Å². The second kappa shape index (κ2) is 4.83. The van der Waals surface area contributed by atoms with Crippen molar-refractivity contribution in [2.75, 3.05) is 7.05 Å². The molecule has 0 saturated carbocycles. The number of aliphatic hydroxyl groups is 1. The minimum absolute atomic E-state index is 0.516. The maximum atomic E-state index is 9.75. The van der Waals surface area contributed by atoms with E-state index in [1.165, 1.54) is 30.4 Å². The Morgan fingerprint density at radius 3 is 2.88 bits per heavy atom. The van der Waals surface area contributed by atoms with Gasteiger partial charge >= 0.3 is 0 Å². The van der Waals surface area contributed by atoms with Crippen molar-refractivity contribution in [3.05, 3.63) is 23.5 Å². The van der Waals surface area contributed by atoms with Crippen molar-refractivity contribution >= 4 is 0 Å². The Kier molecular flexibility index (Phi) is 3.59. The maximum absolute atomic E-state index is 9.75. The van der Waals surface area contributed by atoms with Crippen LogP contribution in [0.5, 0.6) is 0 Å². The second-order valence-electron chi connectivity index (χ2n) is 5.77. The highest BCUT2D eigenvalue weighted by Gasteiger charge is 2.21. The van der Waals surface area contributed by atoms with Crippen molar-refractivity contribution < 1.29 is 5.11 Å². The van der Waals surface area contributed by atoms with Gasteiger partial charge in [0.05, 0.1) is 5.60 Å². The number of nitrogens with one attached hydrogen (secondary N) is 1. The summed E-state index contributed by atoms with van der Waals surface area (Å²) in [6.45, 7) is 4.63. The topological polar surface area (TPSA) is 37.2 Å². The number of fused-ring (bicyclic) bond motifs is 1. The zero-order valence-electron chi connectivity index (χ0n) is 11.2. The first-order valence-corrected chi connectivity index (χ1v) is 6.58. The van der Waals surface area contributed by atoms with Crippen LogP contribution < -0.4 is 5.32 Å². The van der Waals surface area contributed by atoms with Gasteiger partial charge in [-0.15, -0.1) is 0 Å². The molecular weight excluding hydrogens is 212 g/mol. The predicted molar refractivity (Wildman–Crippen MR) is 70.1 cm³/mol. The first-order valence-electron chi connectivity index (χ1n) is 6.58. The van der Waals surface area contributed by atoms with Gasteiger partial charge in [0.25, 0.3) is 0 Å². The molecule has 0 aromatic carbocycles. The summed E-state index contributed by atoms with van der Waals surface area (Å²) >= 11 is 0. The molecule has 1 heterocycles. The summed E-state index contributed by atoms with van der Waals surface area (Å²) in [4.78, 5) is 0. The lowest BCUT2D eigenvalue weighted by atomic mass is 9.91. The first kappa shape index (κ1) is 12.7. The van der Waals surface area contributed by atoms with Crippen LogP contribution in [0.15, 0.2) is 12.4 Å². The molecule has 3 heteroatoms. The van der Waals surface area contributed by atoms with Gasteiger partial charge in [0.1, 0.15) is 0 Å². The maximum Gasteiger partial charge on any atom is 0.0608 e. The highest BCUT2D eigenvalue weighted by atomic mass is 16.3. The molecule has 1 aromatic rings. The SMILES string of the molecule is CNC1CCCc2cn(CCC(C)(C)O)cc21. The quantitative estimate of drug-likeness (QED) is 0.841. The van der Waals surface area contributed by atoms with Crippen molar-refractivity contribution in [3.8, 4) is 0 Å². The van der Waals surface area contributed by atoms with Crippen molar-refractivity contribution in [2.45, 2.75) is 57.7 Å². The van der Waals surface area contributed by atoms with E-state index in [-0.39, 0.29) is 0 Å². The Labute approximate surface area is 104 Å². The van der Waals surface area contributed by atoms with Crippen LogP contribution in [0.3, 0.4) is 0 Å². The molecule has 1 atom stereocenters. The van der Waals surface area contributed by atoms with E-state index < -0.39 is 5.60 Å². The third kappa shape index (κ3) is 3.11. The van der Waals surface area contributed by atoms with E-state index in [4.69, 9.17) is 0 Å². The molecule has 2 N–H and O–H groups in total. The van der Waals surface area contributed by atoms with E-state index >= 15 is 0 Å². The Hall–Kier alpha value is -0.800. The van der Waals surface area contributed by atoms with Crippen molar-refractivity contribution in [3.63, 3.8) is 0 Å². The van der Waals surface area contributed by atoms with Gasteiger partial charge in [0, 0.05) is 25.0 Å². The normalized spacial score (nSPS) is 20.4. The third-order valence-electron chi connectivity index (χ3n) is 3.64. The van der Waals surface area contributed by atoms with Crippen LogP contribution in [0.2, 0.25) is 0 Å². The molecular formula is C14H24N2O. The standard InChI is InChI=1S/C14H24N2O/c1-14(2,17)7-8-16-9-11-5-4-6-13(15-3)12(11)10-16/h9-10,13,15,17H,4-8H2,1-3H3. The van der Waals surface area contributed by atoms with Crippen LogP contribution in [-0.4, -0.2) is 22.3 Å². The van der Waals surface area contributed by atoms with Crippen LogP contribution >= 0.6 is 0 Å². The van der Waals surface area contributed by atoms with Crippen LogP contribution in [0.1, 0.15) is 50.3 Å². The minimum atomic E-state index is -0.576.